The Hall–Kier alpha value is -2.00. The van der Waals surface area contributed by atoms with Crippen molar-refractivity contribution in [3.8, 4) is 11.1 Å². The minimum absolute atomic E-state index is 0.347. The first kappa shape index (κ1) is 30.9. The van der Waals surface area contributed by atoms with Crippen molar-refractivity contribution in [2.24, 2.45) is 0 Å². The van der Waals surface area contributed by atoms with Gasteiger partial charge in [0, 0.05) is 29.9 Å². The minimum Gasteiger partial charge on any atom is -0.480 e. The highest BCUT2D eigenvalue weighted by Crippen LogP contribution is 2.32. The Kier molecular flexibility index (Phi) is 11.8. The fourth-order valence-electron chi connectivity index (χ4n) is 5.90. The van der Waals surface area contributed by atoms with E-state index >= 15 is 0 Å². The molecule has 1 saturated carbocycles. The number of carboxylic acids is 1. The lowest BCUT2D eigenvalue weighted by atomic mass is 9.93. The minimum atomic E-state index is -1.00. The van der Waals surface area contributed by atoms with Gasteiger partial charge in [-0.25, -0.2) is 4.79 Å². The standard InChI is InChI=1S/C32H44N2O4S2/c1-22-9-7-8-12-27(22)29-17-23(13-14-28(29)31(35)33-30(32(36)37)15-16-39-2)19-34-20-26(40-3)18-24(34)21-38-25-10-5-4-6-11-25/h7-9,12-14,17,24-26,30H,4-6,10-11,15-16,18-21H2,1-3H3,(H,33,35)(H,36,37)/t24?,26-,30?/m0/s1. The number of rotatable bonds is 13. The second-order valence-corrected chi connectivity index (χ2v) is 13.2. The van der Waals surface area contributed by atoms with Gasteiger partial charge in [0.1, 0.15) is 6.04 Å². The number of nitrogens with one attached hydrogen (secondary N) is 1. The van der Waals surface area contributed by atoms with Gasteiger partial charge >= 0.3 is 5.97 Å². The molecule has 0 aromatic heterocycles. The summed E-state index contributed by atoms with van der Waals surface area (Å²) in [5, 5.41) is 13.1. The lowest BCUT2D eigenvalue weighted by Gasteiger charge is -2.28. The monoisotopic (exact) mass is 584 g/mol. The molecule has 2 N–H and O–H groups in total. The molecule has 1 aliphatic heterocycles. The van der Waals surface area contributed by atoms with E-state index < -0.39 is 12.0 Å². The van der Waals surface area contributed by atoms with Crippen molar-refractivity contribution in [1.29, 1.82) is 0 Å². The van der Waals surface area contributed by atoms with Crippen LogP contribution in [-0.4, -0.2) is 76.7 Å². The highest BCUT2D eigenvalue weighted by Gasteiger charge is 2.33. The molecule has 3 atom stereocenters. The van der Waals surface area contributed by atoms with E-state index in [2.05, 4.69) is 22.5 Å². The van der Waals surface area contributed by atoms with Gasteiger partial charge in [-0.2, -0.15) is 23.5 Å². The van der Waals surface area contributed by atoms with Gasteiger partial charge in [0.25, 0.3) is 5.91 Å². The van der Waals surface area contributed by atoms with Crippen LogP contribution in [-0.2, 0) is 16.1 Å². The predicted molar refractivity (Wildman–Crippen MR) is 167 cm³/mol. The van der Waals surface area contributed by atoms with E-state index in [9.17, 15) is 14.7 Å². The predicted octanol–water partition coefficient (Wildman–Crippen LogP) is 6.25. The molecule has 6 nitrogen and oxygen atoms in total. The van der Waals surface area contributed by atoms with E-state index in [1.54, 1.807) is 11.8 Å². The molecule has 40 heavy (non-hydrogen) atoms. The number of aliphatic carboxylic acids is 1. The maximum Gasteiger partial charge on any atom is 0.326 e. The van der Waals surface area contributed by atoms with Gasteiger partial charge in [-0.3, -0.25) is 9.69 Å². The van der Waals surface area contributed by atoms with Crippen molar-refractivity contribution >= 4 is 35.4 Å². The van der Waals surface area contributed by atoms with E-state index in [0.29, 0.717) is 35.1 Å². The molecular formula is C32H44N2O4S2. The molecule has 0 spiro atoms. The average Bonchev–Trinajstić information content (AvgIpc) is 3.36. The Morgan fingerprint density at radius 1 is 1.10 bits per heavy atom. The second kappa shape index (κ2) is 15.3. The van der Waals surface area contributed by atoms with Gasteiger partial charge in [0.2, 0.25) is 0 Å². The van der Waals surface area contributed by atoms with Crippen molar-refractivity contribution < 1.29 is 19.4 Å². The number of carbonyl (C=O) groups excluding carboxylic acids is 1. The maximum absolute atomic E-state index is 13.4. The molecule has 0 radical (unpaired) electrons. The van der Waals surface area contributed by atoms with Crippen LogP contribution in [0.2, 0.25) is 0 Å². The summed E-state index contributed by atoms with van der Waals surface area (Å²) in [6.45, 7) is 4.64. The summed E-state index contributed by atoms with van der Waals surface area (Å²) in [5.41, 5.74) is 4.57. The van der Waals surface area contributed by atoms with Gasteiger partial charge in [-0.05, 0) is 85.3 Å². The van der Waals surface area contributed by atoms with Crippen LogP contribution in [0.25, 0.3) is 11.1 Å². The normalized spacial score (nSPS) is 20.9. The summed E-state index contributed by atoms with van der Waals surface area (Å²) < 4.78 is 6.42. The number of benzene rings is 2. The van der Waals surface area contributed by atoms with Crippen molar-refractivity contribution in [2.45, 2.75) is 81.9 Å². The molecule has 2 unspecified atom stereocenters. The third kappa shape index (κ3) is 8.28. The zero-order valence-corrected chi connectivity index (χ0v) is 25.7. The number of ether oxygens (including phenoxy) is 1. The van der Waals surface area contributed by atoms with Gasteiger partial charge in [-0.15, -0.1) is 0 Å². The molecule has 4 rings (SSSR count). The van der Waals surface area contributed by atoms with Crippen LogP contribution >= 0.6 is 23.5 Å². The van der Waals surface area contributed by atoms with E-state index in [0.717, 1.165) is 48.4 Å². The largest absolute Gasteiger partial charge is 0.480 e. The third-order valence-corrected chi connectivity index (χ3v) is 9.92. The fourth-order valence-corrected chi connectivity index (χ4v) is 7.13. The summed E-state index contributed by atoms with van der Waals surface area (Å²) in [6, 6.07) is 13.6. The SMILES string of the molecule is CSCCC(NC(=O)c1ccc(CN2C[C@@H](SC)CC2COC2CCCCC2)cc1-c1ccccc1C)C(=O)O. The van der Waals surface area contributed by atoms with Crippen LogP contribution in [0.4, 0.5) is 0 Å². The number of amides is 1. The maximum atomic E-state index is 13.4. The summed E-state index contributed by atoms with van der Waals surface area (Å²) in [7, 11) is 0. The molecule has 8 heteroatoms. The summed E-state index contributed by atoms with van der Waals surface area (Å²) in [4.78, 5) is 27.8. The molecule has 1 heterocycles. The number of carboxylic acid groups (broad SMARTS) is 1. The Balaban J connectivity index is 1.56. The molecule has 0 bridgehead atoms. The van der Waals surface area contributed by atoms with Gasteiger partial charge in [-0.1, -0.05) is 49.6 Å². The average molecular weight is 585 g/mol. The zero-order chi connectivity index (χ0) is 28.5. The van der Waals surface area contributed by atoms with E-state index in [-0.39, 0.29) is 5.91 Å². The Labute approximate surface area is 248 Å². The number of carbonyl (C=O) groups is 2. The molecule has 2 aromatic rings. The summed E-state index contributed by atoms with van der Waals surface area (Å²) in [6.07, 6.45) is 12.3. The molecular weight excluding hydrogens is 540 g/mol. The zero-order valence-electron chi connectivity index (χ0n) is 24.1. The first-order chi connectivity index (χ1) is 19.4. The third-order valence-electron chi connectivity index (χ3n) is 8.26. The first-order valence-electron chi connectivity index (χ1n) is 14.5. The molecule has 2 aliphatic rings. The number of hydrogen-bond acceptors (Lipinski definition) is 6. The quantitative estimate of drug-likeness (QED) is 0.288. The Morgan fingerprint density at radius 3 is 2.58 bits per heavy atom. The summed E-state index contributed by atoms with van der Waals surface area (Å²) >= 11 is 3.51. The van der Waals surface area contributed by atoms with Crippen molar-refractivity contribution in [1.82, 2.24) is 10.2 Å². The molecule has 1 amide bonds. The Morgan fingerprint density at radius 2 is 1.88 bits per heavy atom. The van der Waals surface area contributed by atoms with Crippen molar-refractivity contribution in [2.75, 3.05) is 31.4 Å². The van der Waals surface area contributed by atoms with E-state index in [4.69, 9.17) is 4.74 Å². The smallest absolute Gasteiger partial charge is 0.326 e. The molecule has 2 fully saturated rings. The van der Waals surface area contributed by atoms with Crippen LogP contribution in [0, 0.1) is 6.92 Å². The first-order valence-corrected chi connectivity index (χ1v) is 17.2. The molecule has 218 valence electrons. The molecule has 1 aliphatic carbocycles. The number of thioether (sulfide) groups is 2. The van der Waals surface area contributed by atoms with Gasteiger partial charge in [0.05, 0.1) is 12.7 Å². The number of hydrogen-bond donors (Lipinski definition) is 2. The van der Waals surface area contributed by atoms with E-state index in [1.165, 1.54) is 32.1 Å². The molecule has 2 aromatic carbocycles. The fraction of sp³-hybridized carbons (Fsp3) is 0.562. The van der Waals surface area contributed by atoms with E-state index in [1.807, 2.05) is 61.3 Å². The molecule has 1 saturated heterocycles. The number of aryl methyl sites for hydroxylation is 1. The highest BCUT2D eigenvalue weighted by molar-refractivity contribution is 7.99. The van der Waals surface area contributed by atoms with Crippen LogP contribution in [0.3, 0.4) is 0 Å². The van der Waals surface area contributed by atoms with Crippen LogP contribution in [0.1, 0.15) is 66.4 Å². The van der Waals surface area contributed by atoms with Gasteiger partial charge < -0.3 is 15.2 Å². The van der Waals surface area contributed by atoms with Crippen molar-refractivity contribution in [3.05, 3.63) is 59.2 Å². The summed E-state index contributed by atoms with van der Waals surface area (Å²) in [5.74, 6) is -0.685. The number of likely N-dealkylation sites (tertiary alicyclic amines) is 1. The highest BCUT2D eigenvalue weighted by atomic mass is 32.2. The lowest BCUT2D eigenvalue weighted by Crippen LogP contribution is -2.41. The lowest BCUT2D eigenvalue weighted by molar-refractivity contribution is -0.139. The Bertz CT molecular complexity index is 1140. The second-order valence-electron chi connectivity index (χ2n) is 11.1. The topological polar surface area (TPSA) is 78.9 Å². The van der Waals surface area contributed by atoms with Crippen LogP contribution in [0.5, 0.6) is 0 Å². The van der Waals surface area contributed by atoms with Crippen LogP contribution < -0.4 is 5.32 Å². The van der Waals surface area contributed by atoms with Crippen molar-refractivity contribution in [3.63, 3.8) is 0 Å². The van der Waals surface area contributed by atoms with Crippen LogP contribution in [0.15, 0.2) is 42.5 Å². The number of nitrogens with zero attached hydrogens (tertiary/aromatic N) is 1. The van der Waals surface area contributed by atoms with Gasteiger partial charge in [0.15, 0.2) is 0 Å².